The van der Waals surface area contributed by atoms with Crippen molar-refractivity contribution >= 4 is 34.5 Å². The number of amides is 2. The molecular weight excluding hydrogens is 392 g/mol. The Kier molecular flexibility index (Phi) is 6.70. The van der Waals surface area contributed by atoms with E-state index in [4.69, 9.17) is 16.3 Å². The summed E-state index contributed by atoms with van der Waals surface area (Å²) in [6.45, 7) is 10.1. The van der Waals surface area contributed by atoms with Crippen molar-refractivity contribution < 1.29 is 14.3 Å². The number of hydrogen-bond donors (Lipinski definition) is 2. The maximum atomic E-state index is 12.3. The maximum absolute atomic E-state index is 12.3. The number of nitrogens with one attached hydrogen (secondary N) is 2. The quantitative estimate of drug-likeness (QED) is 0.726. The SMILES string of the molecule is CC(C)(C)OC(=O)N1CCN(CCCNC(=O)c2cc3ccc(Cl)cc3[nH]2)CC1. The molecule has 2 amide bonds. The molecule has 0 atom stereocenters. The van der Waals surface area contributed by atoms with E-state index in [1.807, 2.05) is 45.0 Å². The molecule has 2 heterocycles. The molecule has 0 bridgehead atoms. The van der Waals surface area contributed by atoms with Gasteiger partial charge in [-0.05, 0) is 51.9 Å². The van der Waals surface area contributed by atoms with Crippen LogP contribution in [-0.4, -0.2) is 71.7 Å². The summed E-state index contributed by atoms with van der Waals surface area (Å²) in [7, 11) is 0. The van der Waals surface area contributed by atoms with Crippen molar-refractivity contribution in [3.8, 4) is 0 Å². The molecule has 1 fully saturated rings. The number of hydrogen-bond acceptors (Lipinski definition) is 4. The predicted octanol–water partition coefficient (Wildman–Crippen LogP) is 3.49. The highest BCUT2D eigenvalue weighted by Crippen LogP contribution is 2.20. The fourth-order valence-corrected chi connectivity index (χ4v) is 3.47. The zero-order valence-corrected chi connectivity index (χ0v) is 18.0. The lowest BCUT2D eigenvalue weighted by Crippen LogP contribution is -2.50. The molecular formula is C21H29ClN4O3. The lowest BCUT2D eigenvalue weighted by atomic mass is 10.2. The topological polar surface area (TPSA) is 77.7 Å². The Bertz CT molecular complexity index is 866. The van der Waals surface area contributed by atoms with Crippen molar-refractivity contribution in [2.24, 2.45) is 0 Å². The molecule has 2 aromatic rings. The fraction of sp³-hybridized carbons (Fsp3) is 0.524. The number of H-pyrrole nitrogens is 1. The number of aromatic amines is 1. The minimum atomic E-state index is -0.469. The lowest BCUT2D eigenvalue weighted by molar-refractivity contribution is 0.0144. The monoisotopic (exact) mass is 420 g/mol. The standard InChI is InChI=1S/C21H29ClN4O3/c1-21(2,3)29-20(28)26-11-9-25(10-12-26)8-4-7-23-19(27)18-13-15-5-6-16(22)14-17(15)24-18/h5-6,13-14,24H,4,7-12H2,1-3H3,(H,23,27). The van der Waals surface area contributed by atoms with Gasteiger partial charge in [-0.3, -0.25) is 9.69 Å². The van der Waals surface area contributed by atoms with Crippen molar-refractivity contribution in [1.29, 1.82) is 0 Å². The van der Waals surface area contributed by atoms with Crippen LogP contribution >= 0.6 is 11.6 Å². The first kappa shape index (κ1) is 21.5. The van der Waals surface area contributed by atoms with E-state index in [9.17, 15) is 9.59 Å². The first-order valence-corrected chi connectivity index (χ1v) is 10.4. The molecule has 3 rings (SSSR count). The van der Waals surface area contributed by atoms with Gasteiger partial charge in [0.05, 0.1) is 0 Å². The minimum absolute atomic E-state index is 0.118. The van der Waals surface area contributed by atoms with Gasteiger partial charge in [-0.25, -0.2) is 4.79 Å². The smallest absolute Gasteiger partial charge is 0.410 e. The summed E-state index contributed by atoms with van der Waals surface area (Å²) in [5.74, 6) is -0.118. The summed E-state index contributed by atoms with van der Waals surface area (Å²) in [5.41, 5.74) is 0.919. The van der Waals surface area contributed by atoms with Crippen LogP contribution in [0.25, 0.3) is 10.9 Å². The van der Waals surface area contributed by atoms with Crippen molar-refractivity contribution in [3.63, 3.8) is 0 Å². The predicted molar refractivity (Wildman–Crippen MR) is 115 cm³/mol. The summed E-state index contributed by atoms with van der Waals surface area (Å²) >= 11 is 5.98. The molecule has 1 aliphatic rings. The summed E-state index contributed by atoms with van der Waals surface area (Å²) in [5, 5.41) is 4.55. The van der Waals surface area contributed by atoms with Gasteiger partial charge in [-0.15, -0.1) is 0 Å². The normalized spacial score (nSPS) is 15.5. The summed E-state index contributed by atoms with van der Waals surface area (Å²) < 4.78 is 5.42. The Labute approximate surface area is 176 Å². The molecule has 1 saturated heterocycles. The first-order chi connectivity index (χ1) is 13.7. The zero-order valence-electron chi connectivity index (χ0n) is 17.3. The molecule has 0 spiro atoms. The number of carbonyl (C=O) groups excluding carboxylic acids is 2. The third-order valence-electron chi connectivity index (χ3n) is 4.79. The molecule has 1 aromatic heterocycles. The number of aromatic nitrogens is 1. The molecule has 7 nitrogen and oxygen atoms in total. The van der Waals surface area contributed by atoms with E-state index in [0.29, 0.717) is 30.4 Å². The Morgan fingerprint density at radius 1 is 1.17 bits per heavy atom. The molecule has 0 radical (unpaired) electrons. The lowest BCUT2D eigenvalue weighted by Gasteiger charge is -2.35. The van der Waals surface area contributed by atoms with Gasteiger partial charge < -0.3 is 19.9 Å². The second kappa shape index (κ2) is 9.05. The number of rotatable bonds is 5. The van der Waals surface area contributed by atoms with Crippen LogP contribution in [-0.2, 0) is 4.74 Å². The molecule has 1 aliphatic heterocycles. The first-order valence-electron chi connectivity index (χ1n) is 9.98. The van der Waals surface area contributed by atoms with Gasteiger partial charge in [0, 0.05) is 48.6 Å². The fourth-order valence-electron chi connectivity index (χ4n) is 3.30. The molecule has 0 unspecified atom stereocenters. The van der Waals surface area contributed by atoms with E-state index in [2.05, 4.69) is 15.2 Å². The van der Waals surface area contributed by atoms with Gasteiger partial charge in [-0.1, -0.05) is 17.7 Å². The molecule has 8 heteroatoms. The average molecular weight is 421 g/mol. The van der Waals surface area contributed by atoms with Crippen molar-refractivity contribution in [2.45, 2.75) is 32.8 Å². The van der Waals surface area contributed by atoms with Crippen molar-refractivity contribution in [3.05, 3.63) is 35.0 Å². The van der Waals surface area contributed by atoms with E-state index in [1.165, 1.54) is 0 Å². The number of ether oxygens (including phenoxy) is 1. The van der Waals surface area contributed by atoms with Crippen LogP contribution in [0.5, 0.6) is 0 Å². The highest BCUT2D eigenvalue weighted by Gasteiger charge is 2.25. The van der Waals surface area contributed by atoms with E-state index in [0.717, 1.165) is 37.0 Å². The average Bonchev–Trinajstić information content (AvgIpc) is 3.07. The largest absolute Gasteiger partial charge is 0.444 e. The second-order valence-corrected chi connectivity index (χ2v) is 8.77. The number of benzene rings is 1. The molecule has 0 aliphatic carbocycles. The van der Waals surface area contributed by atoms with Gasteiger partial charge in [0.2, 0.25) is 0 Å². The molecule has 29 heavy (non-hydrogen) atoms. The second-order valence-electron chi connectivity index (χ2n) is 8.33. The van der Waals surface area contributed by atoms with E-state index < -0.39 is 5.60 Å². The summed E-state index contributed by atoms with van der Waals surface area (Å²) in [6, 6.07) is 7.34. The zero-order chi connectivity index (χ0) is 21.0. The van der Waals surface area contributed by atoms with E-state index in [1.54, 1.807) is 4.90 Å². The van der Waals surface area contributed by atoms with E-state index in [-0.39, 0.29) is 12.0 Å². The van der Waals surface area contributed by atoms with Crippen LogP contribution in [0.3, 0.4) is 0 Å². The van der Waals surface area contributed by atoms with Crippen LogP contribution in [0.2, 0.25) is 5.02 Å². The van der Waals surface area contributed by atoms with Crippen LogP contribution in [0.1, 0.15) is 37.7 Å². The van der Waals surface area contributed by atoms with Crippen LogP contribution in [0.4, 0.5) is 4.79 Å². The highest BCUT2D eigenvalue weighted by molar-refractivity contribution is 6.31. The maximum Gasteiger partial charge on any atom is 0.410 e. The highest BCUT2D eigenvalue weighted by atomic mass is 35.5. The van der Waals surface area contributed by atoms with Gasteiger partial charge in [0.1, 0.15) is 11.3 Å². The number of nitrogens with zero attached hydrogens (tertiary/aromatic N) is 2. The molecule has 0 saturated carbocycles. The third-order valence-corrected chi connectivity index (χ3v) is 5.02. The van der Waals surface area contributed by atoms with Crippen molar-refractivity contribution in [2.75, 3.05) is 39.3 Å². The van der Waals surface area contributed by atoms with Gasteiger partial charge in [0.15, 0.2) is 0 Å². The summed E-state index contributed by atoms with van der Waals surface area (Å²) in [4.78, 5) is 31.6. The Hall–Kier alpha value is -2.25. The van der Waals surface area contributed by atoms with Gasteiger partial charge in [-0.2, -0.15) is 0 Å². The number of fused-ring (bicyclic) bond motifs is 1. The number of piperazine rings is 1. The minimum Gasteiger partial charge on any atom is -0.444 e. The number of halogens is 1. The third kappa shape index (κ3) is 6.11. The number of carbonyl (C=O) groups is 2. The van der Waals surface area contributed by atoms with E-state index >= 15 is 0 Å². The van der Waals surface area contributed by atoms with Crippen LogP contribution < -0.4 is 5.32 Å². The summed E-state index contributed by atoms with van der Waals surface area (Å²) in [6.07, 6.45) is 0.605. The van der Waals surface area contributed by atoms with Crippen LogP contribution in [0.15, 0.2) is 24.3 Å². The molecule has 1 aromatic carbocycles. The molecule has 158 valence electrons. The van der Waals surface area contributed by atoms with Gasteiger partial charge >= 0.3 is 6.09 Å². The van der Waals surface area contributed by atoms with Gasteiger partial charge in [0.25, 0.3) is 5.91 Å². The Balaban J connectivity index is 1.36. The Morgan fingerprint density at radius 2 is 1.90 bits per heavy atom. The Morgan fingerprint density at radius 3 is 2.59 bits per heavy atom. The van der Waals surface area contributed by atoms with Crippen LogP contribution in [0, 0.1) is 0 Å². The molecule has 2 N–H and O–H groups in total. The van der Waals surface area contributed by atoms with Crippen molar-refractivity contribution in [1.82, 2.24) is 20.1 Å².